The number of rotatable bonds is 3. The Hall–Kier alpha value is -0.160. The first-order valence-electron chi connectivity index (χ1n) is 10.5. The predicted octanol–water partition coefficient (Wildman–Crippen LogP) is 2.81. The van der Waals surface area contributed by atoms with Crippen molar-refractivity contribution in [1.29, 1.82) is 0 Å². The maximum atomic E-state index is 6.61. The molecule has 4 heteroatoms. The summed E-state index contributed by atoms with van der Waals surface area (Å²) < 4.78 is 0. The molecule has 0 radical (unpaired) electrons. The first kappa shape index (κ1) is 19.6. The van der Waals surface area contributed by atoms with Gasteiger partial charge in [0.1, 0.15) is 0 Å². The second kappa shape index (κ2) is 6.78. The number of hydrogen-bond donors (Lipinski definition) is 2. The molecule has 2 atom stereocenters. The molecular formula is C21H42N4. The normalized spacial score (nSPS) is 38.8. The molecular weight excluding hydrogens is 308 g/mol. The van der Waals surface area contributed by atoms with Gasteiger partial charge in [0.15, 0.2) is 0 Å². The van der Waals surface area contributed by atoms with Crippen molar-refractivity contribution < 1.29 is 0 Å². The van der Waals surface area contributed by atoms with E-state index in [0.29, 0.717) is 17.5 Å². The molecule has 4 nitrogen and oxygen atoms in total. The van der Waals surface area contributed by atoms with Crippen LogP contribution in [-0.4, -0.2) is 59.1 Å². The van der Waals surface area contributed by atoms with Gasteiger partial charge < -0.3 is 11.5 Å². The molecule has 2 saturated heterocycles. The number of nitrogens with two attached hydrogens (primary N) is 2. The van der Waals surface area contributed by atoms with E-state index >= 15 is 0 Å². The largest absolute Gasteiger partial charge is 0.327 e. The van der Waals surface area contributed by atoms with Gasteiger partial charge in [-0.25, -0.2) is 0 Å². The molecule has 3 aliphatic rings. The zero-order valence-electron chi connectivity index (χ0n) is 17.4. The molecule has 0 aromatic heterocycles. The van der Waals surface area contributed by atoms with Gasteiger partial charge in [-0.15, -0.1) is 0 Å². The van der Waals surface area contributed by atoms with Crippen LogP contribution in [0.3, 0.4) is 0 Å². The lowest BCUT2D eigenvalue weighted by Crippen LogP contribution is -2.64. The number of likely N-dealkylation sites (tertiary alicyclic amines) is 2. The minimum atomic E-state index is 0.265. The molecule has 3 fully saturated rings. The van der Waals surface area contributed by atoms with Crippen molar-refractivity contribution >= 4 is 0 Å². The molecule has 0 bridgehead atoms. The molecule has 3 rings (SSSR count). The highest BCUT2D eigenvalue weighted by atomic mass is 15.2. The van der Waals surface area contributed by atoms with E-state index in [0.717, 1.165) is 25.4 Å². The van der Waals surface area contributed by atoms with Crippen LogP contribution in [-0.2, 0) is 0 Å². The average Bonchev–Trinajstić information content (AvgIpc) is 2.46. The first-order valence-corrected chi connectivity index (χ1v) is 10.5. The Morgan fingerprint density at radius 3 is 2.24 bits per heavy atom. The topological polar surface area (TPSA) is 58.5 Å². The Labute approximate surface area is 155 Å². The molecule has 0 amide bonds. The Morgan fingerprint density at radius 1 is 0.960 bits per heavy atom. The molecule has 4 N–H and O–H groups in total. The summed E-state index contributed by atoms with van der Waals surface area (Å²) in [5, 5.41) is 0. The van der Waals surface area contributed by atoms with E-state index in [4.69, 9.17) is 11.5 Å². The first-order chi connectivity index (χ1) is 11.5. The van der Waals surface area contributed by atoms with E-state index in [9.17, 15) is 0 Å². The highest BCUT2D eigenvalue weighted by molar-refractivity contribution is 5.07. The van der Waals surface area contributed by atoms with Gasteiger partial charge in [0.2, 0.25) is 0 Å². The third-order valence-corrected chi connectivity index (χ3v) is 7.44. The maximum Gasteiger partial charge on any atom is 0.0168 e. The fourth-order valence-corrected chi connectivity index (χ4v) is 5.81. The van der Waals surface area contributed by atoms with E-state index in [1.165, 1.54) is 45.2 Å². The fraction of sp³-hybridized carbons (Fsp3) is 1.00. The fourth-order valence-electron chi connectivity index (χ4n) is 5.81. The van der Waals surface area contributed by atoms with Crippen molar-refractivity contribution in [2.75, 3.05) is 26.2 Å². The second-order valence-corrected chi connectivity index (χ2v) is 11.0. The Kier molecular flexibility index (Phi) is 5.31. The summed E-state index contributed by atoms with van der Waals surface area (Å²) in [6.45, 7) is 16.5. The van der Waals surface area contributed by atoms with Crippen LogP contribution in [0.15, 0.2) is 0 Å². The van der Waals surface area contributed by atoms with E-state index < -0.39 is 0 Å². The smallest absolute Gasteiger partial charge is 0.0168 e. The van der Waals surface area contributed by atoms with Crippen molar-refractivity contribution in [3.8, 4) is 0 Å². The summed E-state index contributed by atoms with van der Waals surface area (Å²) >= 11 is 0. The van der Waals surface area contributed by atoms with E-state index in [-0.39, 0.29) is 11.1 Å². The lowest BCUT2D eigenvalue weighted by molar-refractivity contribution is -0.0810. The predicted molar refractivity (Wildman–Crippen MR) is 107 cm³/mol. The van der Waals surface area contributed by atoms with Crippen LogP contribution in [0.25, 0.3) is 0 Å². The van der Waals surface area contributed by atoms with Gasteiger partial charge in [0, 0.05) is 42.8 Å². The van der Waals surface area contributed by atoms with Gasteiger partial charge in [-0.1, -0.05) is 0 Å². The zero-order chi connectivity index (χ0) is 18.5. The van der Waals surface area contributed by atoms with Gasteiger partial charge in [-0.2, -0.15) is 0 Å². The van der Waals surface area contributed by atoms with Crippen molar-refractivity contribution in [3.05, 3.63) is 0 Å². The maximum absolute atomic E-state index is 6.61. The third-order valence-electron chi connectivity index (χ3n) is 7.44. The number of nitrogens with zero attached hydrogens (tertiary/aromatic N) is 2. The van der Waals surface area contributed by atoms with Crippen molar-refractivity contribution in [3.63, 3.8) is 0 Å². The van der Waals surface area contributed by atoms with Crippen LogP contribution in [0.5, 0.6) is 0 Å². The molecule has 146 valence electrons. The SMILES string of the molecule is CC(C)(C)N1CCC(N)C2(CC(CC(C)(C)N3CCC[C@@H](N)C3)C2)C1. The average molecular weight is 351 g/mol. The van der Waals surface area contributed by atoms with Crippen molar-refractivity contribution in [2.24, 2.45) is 22.8 Å². The summed E-state index contributed by atoms with van der Waals surface area (Å²) in [6.07, 6.45) is 7.55. The molecule has 1 unspecified atom stereocenters. The van der Waals surface area contributed by atoms with Gasteiger partial charge in [0.05, 0.1) is 0 Å². The molecule has 1 saturated carbocycles. The standard InChI is InChI=1S/C21H42N4/c1-19(2,3)25-10-8-18(23)21(15-25)12-16(13-21)11-20(4,5)24-9-6-7-17(22)14-24/h16-18H,6-15,22-23H2,1-5H3/t16?,17-,18?,21?/m1/s1. The molecule has 2 aliphatic heterocycles. The van der Waals surface area contributed by atoms with Gasteiger partial charge >= 0.3 is 0 Å². The van der Waals surface area contributed by atoms with E-state index in [2.05, 4.69) is 44.4 Å². The quantitative estimate of drug-likeness (QED) is 0.822. The summed E-state index contributed by atoms with van der Waals surface area (Å²) in [6, 6.07) is 0.765. The van der Waals surface area contributed by atoms with Crippen LogP contribution in [0, 0.1) is 11.3 Å². The molecule has 0 aromatic rings. The molecule has 1 aliphatic carbocycles. The molecule has 2 heterocycles. The summed E-state index contributed by atoms with van der Waals surface area (Å²) in [7, 11) is 0. The van der Waals surface area contributed by atoms with Crippen molar-refractivity contribution in [2.45, 2.75) is 96.3 Å². The van der Waals surface area contributed by atoms with E-state index in [1.807, 2.05) is 0 Å². The van der Waals surface area contributed by atoms with Gasteiger partial charge in [0.25, 0.3) is 0 Å². The van der Waals surface area contributed by atoms with Crippen molar-refractivity contribution in [1.82, 2.24) is 9.80 Å². The Bertz CT molecular complexity index is 461. The molecule has 25 heavy (non-hydrogen) atoms. The van der Waals surface area contributed by atoms with Crippen LogP contribution in [0.1, 0.15) is 73.1 Å². The number of piperidine rings is 2. The Morgan fingerprint density at radius 2 is 1.64 bits per heavy atom. The monoisotopic (exact) mass is 350 g/mol. The minimum Gasteiger partial charge on any atom is -0.327 e. The molecule has 0 aromatic carbocycles. The van der Waals surface area contributed by atoms with Crippen LogP contribution < -0.4 is 11.5 Å². The highest BCUT2D eigenvalue weighted by Gasteiger charge is 2.53. The second-order valence-electron chi connectivity index (χ2n) is 11.0. The Balaban J connectivity index is 1.57. The van der Waals surface area contributed by atoms with Gasteiger partial charge in [-0.3, -0.25) is 9.80 Å². The highest BCUT2D eigenvalue weighted by Crippen LogP contribution is 2.54. The summed E-state index contributed by atoms with van der Waals surface area (Å²) in [5.41, 5.74) is 13.8. The van der Waals surface area contributed by atoms with Crippen LogP contribution >= 0.6 is 0 Å². The zero-order valence-corrected chi connectivity index (χ0v) is 17.4. The number of hydrogen-bond acceptors (Lipinski definition) is 4. The minimum absolute atomic E-state index is 0.265. The van der Waals surface area contributed by atoms with E-state index in [1.54, 1.807) is 0 Å². The van der Waals surface area contributed by atoms with Crippen LogP contribution in [0.2, 0.25) is 0 Å². The third kappa shape index (κ3) is 4.07. The lowest BCUT2D eigenvalue weighted by atomic mass is 9.54. The molecule has 1 spiro atoms. The van der Waals surface area contributed by atoms with Crippen LogP contribution in [0.4, 0.5) is 0 Å². The lowest BCUT2D eigenvalue weighted by Gasteiger charge is -2.60. The summed E-state index contributed by atoms with van der Waals surface area (Å²) in [4.78, 5) is 5.32. The summed E-state index contributed by atoms with van der Waals surface area (Å²) in [5.74, 6) is 0.833. The van der Waals surface area contributed by atoms with Gasteiger partial charge in [-0.05, 0) is 91.0 Å².